The van der Waals surface area contributed by atoms with Crippen LogP contribution in [-0.2, 0) is 19.1 Å². The molecule has 0 amide bonds. The molecule has 1 atom stereocenters. The molecule has 0 spiro atoms. The van der Waals surface area contributed by atoms with Crippen molar-refractivity contribution in [2.45, 2.75) is 65.6 Å². The normalized spacial score (nSPS) is 19.8. The van der Waals surface area contributed by atoms with Crippen molar-refractivity contribution in [3.63, 3.8) is 0 Å². The van der Waals surface area contributed by atoms with Gasteiger partial charge in [-0.25, -0.2) is 0 Å². The molecule has 1 rings (SSSR count). The lowest BCUT2D eigenvalue weighted by Gasteiger charge is -2.20. The standard InChI is InChI=1S/C14H24O4/c1-4-14(2,3)11(15)7-5-8-12(16)18-13-9-6-10-17-13/h13H,4-10H2,1-3H3. The van der Waals surface area contributed by atoms with Crippen LogP contribution < -0.4 is 0 Å². The summed E-state index contributed by atoms with van der Waals surface area (Å²) in [7, 11) is 0. The molecular weight excluding hydrogens is 232 g/mol. The summed E-state index contributed by atoms with van der Waals surface area (Å²) in [6.07, 6.45) is 3.50. The predicted octanol–water partition coefficient (Wildman–Crippen LogP) is 2.84. The van der Waals surface area contributed by atoms with Crippen LogP contribution in [0.25, 0.3) is 0 Å². The molecule has 0 N–H and O–H groups in total. The minimum absolute atomic E-state index is 0.218. The number of hydrogen-bond acceptors (Lipinski definition) is 4. The van der Waals surface area contributed by atoms with Crippen molar-refractivity contribution < 1.29 is 19.1 Å². The van der Waals surface area contributed by atoms with Crippen LogP contribution in [0.4, 0.5) is 0 Å². The van der Waals surface area contributed by atoms with Crippen molar-refractivity contribution >= 4 is 11.8 Å². The third-order valence-corrected chi connectivity index (χ3v) is 3.57. The van der Waals surface area contributed by atoms with E-state index in [1.807, 2.05) is 20.8 Å². The summed E-state index contributed by atoms with van der Waals surface area (Å²) in [4.78, 5) is 23.3. The molecule has 0 aliphatic carbocycles. The Labute approximate surface area is 109 Å². The second-order valence-corrected chi connectivity index (χ2v) is 5.45. The summed E-state index contributed by atoms with van der Waals surface area (Å²) in [5, 5.41) is 0. The van der Waals surface area contributed by atoms with Gasteiger partial charge in [0.15, 0.2) is 0 Å². The third-order valence-electron chi connectivity index (χ3n) is 3.57. The maximum absolute atomic E-state index is 11.8. The number of ketones is 1. The molecule has 1 aliphatic rings. The van der Waals surface area contributed by atoms with Crippen LogP contribution >= 0.6 is 0 Å². The number of carbonyl (C=O) groups excluding carboxylic acids is 2. The summed E-state index contributed by atoms with van der Waals surface area (Å²) in [6.45, 7) is 6.56. The van der Waals surface area contributed by atoms with E-state index in [2.05, 4.69) is 0 Å². The molecule has 1 unspecified atom stereocenters. The average Bonchev–Trinajstić information content (AvgIpc) is 2.81. The van der Waals surface area contributed by atoms with E-state index in [1.54, 1.807) is 0 Å². The van der Waals surface area contributed by atoms with Gasteiger partial charge in [-0.2, -0.15) is 0 Å². The number of rotatable bonds is 7. The molecule has 4 heteroatoms. The zero-order valence-corrected chi connectivity index (χ0v) is 11.7. The summed E-state index contributed by atoms with van der Waals surface area (Å²) >= 11 is 0. The molecule has 0 aromatic rings. The van der Waals surface area contributed by atoms with Crippen LogP contribution in [0.3, 0.4) is 0 Å². The van der Waals surface area contributed by atoms with Crippen molar-refractivity contribution in [3.8, 4) is 0 Å². The van der Waals surface area contributed by atoms with Crippen LogP contribution in [0.1, 0.15) is 59.3 Å². The number of carbonyl (C=O) groups is 2. The molecule has 1 aliphatic heterocycles. The SMILES string of the molecule is CCC(C)(C)C(=O)CCCC(=O)OC1CCCO1. The Kier molecular flexibility index (Phi) is 5.79. The molecule has 0 aromatic heterocycles. The molecule has 104 valence electrons. The fourth-order valence-electron chi connectivity index (χ4n) is 1.78. The topological polar surface area (TPSA) is 52.6 Å². The molecule has 18 heavy (non-hydrogen) atoms. The smallest absolute Gasteiger partial charge is 0.308 e. The first-order valence-corrected chi connectivity index (χ1v) is 6.80. The molecular formula is C14H24O4. The number of Topliss-reactive ketones (excluding diaryl/α,β-unsaturated/α-hetero) is 1. The monoisotopic (exact) mass is 256 g/mol. The second kappa shape index (κ2) is 6.88. The maximum Gasteiger partial charge on any atom is 0.308 e. The molecule has 1 saturated heterocycles. The molecule has 0 aromatic carbocycles. The lowest BCUT2D eigenvalue weighted by Crippen LogP contribution is -2.23. The molecule has 0 saturated carbocycles. The van der Waals surface area contributed by atoms with Gasteiger partial charge in [0.25, 0.3) is 0 Å². The number of hydrogen-bond donors (Lipinski definition) is 0. The predicted molar refractivity (Wildman–Crippen MR) is 68.0 cm³/mol. The third kappa shape index (κ3) is 4.77. The average molecular weight is 256 g/mol. The van der Waals surface area contributed by atoms with Gasteiger partial charge in [-0.15, -0.1) is 0 Å². The van der Waals surface area contributed by atoms with Crippen molar-refractivity contribution in [1.82, 2.24) is 0 Å². The Balaban J connectivity index is 2.17. The Hall–Kier alpha value is -0.900. The molecule has 1 heterocycles. The van der Waals surface area contributed by atoms with Crippen molar-refractivity contribution in [2.75, 3.05) is 6.61 Å². The highest BCUT2D eigenvalue weighted by molar-refractivity contribution is 5.84. The van der Waals surface area contributed by atoms with Crippen LogP contribution in [-0.4, -0.2) is 24.6 Å². The Bertz CT molecular complexity index is 290. The van der Waals surface area contributed by atoms with E-state index < -0.39 is 0 Å². The van der Waals surface area contributed by atoms with Crippen molar-refractivity contribution in [1.29, 1.82) is 0 Å². The largest absolute Gasteiger partial charge is 0.436 e. The van der Waals surface area contributed by atoms with Gasteiger partial charge in [-0.3, -0.25) is 9.59 Å². The second-order valence-electron chi connectivity index (χ2n) is 5.45. The van der Waals surface area contributed by atoms with Gasteiger partial charge in [-0.05, 0) is 19.3 Å². The van der Waals surface area contributed by atoms with Crippen LogP contribution in [0.15, 0.2) is 0 Å². The molecule has 0 bridgehead atoms. The Morgan fingerprint density at radius 1 is 1.33 bits per heavy atom. The van der Waals surface area contributed by atoms with Crippen LogP contribution in [0.5, 0.6) is 0 Å². The Morgan fingerprint density at radius 2 is 2.06 bits per heavy atom. The molecule has 4 nitrogen and oxygen atoms in total. The minimum atomic E-state index is -0.361. The number of ether oxygens (including phenoxy) is 2. The number of esters is 1. The Morgan fingerprint density at radius 3 is 2.61 bits per heavy atom. The zero-order chi connectivity index (χ0) is 13.6. The van der Waals surface area contributed by atoms with Gasteiger partial charge in [0.2, 0.25) is 6.29 Å². The highest BCUT2D eigenvalue weighted by atomic mass is 16.7. The van der Waals surface area contributed by atoms with Crippen molar-refractivity contribution in [3.05, 3.63) is 0 Å². The summed E-state index contributed by atoms with van der Waals surface area (Å²) in [5.74, 6) is -0.0427. The first-order chi connectivity index (χ1) is 8.45. The molecule has 1 fully saturated rings. The highest BCUT2D eigenvalue weighted by Crippen LogP contribution is 2.23. The summed E-state index contributed by atoms with van der Waals surface area (Å²) in [5.41, 5.74) is -0.279. The van der Waals surface area contributed by atoms with E-state index in [1.165, 1.54) is 0 Å². The molecule has 0 radical (unpaired) electrons. The zero-order valence-electron chi connectivity index (χ0n) is 11.7. The quantitative estimate of drug-likeness (QED) is 0.657. The fraction of sp³-hybridized carbons (Fsp3) is 0.857. The van der Waals surface area contributed by atoms with E-state index >= 15 is 0 Å². The van der Waals surface area contributed by atoms with Crippen molar-refractivity contribution in [2.24, 2.45) is 5.41 Å². The van der Waals surface area contributed by atoms with Crippen LogP contribution in [0, 0.1) is 5.41 Å². The summed E-state index contributed by atoms with van der Waals surface area (Å²) in [6, 6.07) is 0. The lowest BCUT2D eigenvalue weighted by atomic mass is 9.83. The van der Waals surface area contributed by atoms with E-state index in [0.29, 0.717) is 25.9 Å². The van der Waals surface area contributed by atoms with Crippen LogP contribution in [0.2, 0.25) is 0 Å². The summed E-state index contributed by atoms with van der Waals surface area (Å²) < 4.78 is 10.3. The van der Waals surface area contributed by atoms with E-state index in [-0.39, 0.29) is 23.5 Å². The van der Waals surface area contributed by atoms with E-state index in [4.69, 9.17) is 9.47 Å². The highest BCUT2D eigenvalue weighted by Gasteiger charge is 2.25. The maximum atomic E-state index is 11.8. The minimum Gasteiger partial charge on any atom is -0.436 e. The van der Waals surface area contributed by atoms with E-state index in [0.717, 1.165) is 19.3 Å². The first-order valence-electron chi connectivity index (χ1n) is 6.80. The van der Waals surface area contributed by atoms with Gasteiger partial charge >= 0.3 is 5.97 Å². The van der Waals surface area contributed by atoms with E-state index in [9.17, 15) is 9.59 Å². The van der Waals surface area contributed by atoms with Gasteiger partial charge in [0.05, 0.1) is 6.61 Å². The van der Waals surface area contributed by atoms with Gasteiger partial charge < -0.3 is 9.47 Å². The van der Waals surface area contributed by atoms with Gasteiger partial charge in [0.1, 0.15) is 5.78 Å². The van der Waals surface area contributed by atoms with Gasteiger partial charge in [0, 0.05) is 24.7 Å². The first kappa shape index (κ1) is 15.2. The lowest BCUT2D eigenvalue weighted by molar-refractivity contribution is -0.169. The fourth-order valence-corrected chi connectivity index (χ4v) is 1.78. The van der Waals surface area contributed by atoms with Gasteiger partial charge in [-0.1, -0.05) is 20.8 Å².